The van der Waals surface area contributed by atoms with Crippen LogP contribution < -0.4 is 5.73 Å². The maximum absolute atomic E-state index is 14.2. The number of nitriles is 1. The van der Waals surface area contributed by atoms with Crippen LogP contribution in [-0.2, 0) is 12.0 Å². The lowest BCUT2D eigenvalue weighted by Gasteiger charge is -2.25. The summed E-state index contributed by atoms with van der Waals surface area (Å²) in [5.74, 6) is 0.452. The second-order valence-corrected chi connectivity index (χ2v) is 11.4. The fourth-order valence-electron chi connectivity index (χ4n) is 5.81. The van der Waals surface area contributed by atoms with Crippen LogP contribution in [0.1, 0.15) is 64.3 Å². The average Bonchev–Trinajstić information content (AvgIpc) is 3.72. The number of pyridine rings is 1. The van der Waals surface area contributed by atoms with Crippen LogP contribution in [0, 0.1) is 18.3 Å². The second-order valence-electron chi connectivity index (χ2n) is 11.4. The van der Waals surface area contributed by atoms with Gasteiger partial charge in [-0.15, -0.1) is 10.2 Å². The first-order valence-electron chi connectivity index (χ1n) is 14.4. The molecule has 3 heterocycles. The number of carbonyl (C=O) groups excluding carboxylic acids is 1. The topological polar surface area (TPSA) is 122 Å². The van der Waals surface area contributed by atoms with Gasteiger partial charge in [-0.1, -0.05) is 54.6 Å². The number of benzene rings is 3. The van der Waals surface area contributed by atoms with Gasteiger partial charge in [-0.25, -0.2) is 0 Å². The number of nitrogens with zero attached hydrogens (tertiary/aromatic N) is 5. The Kier molecular flexibility index (Phi) is 7.58. The van der Waals surface area contributed by atoms with Crippen LogP contribution in [0.15, 0.2) is 95.7 Å². The largest absolute Gasteiger partial charge is 0.419 e. The zero-order valence-electron chi connectivity index (χ0n) is 24.2. The first kappa shape index (κ1) is 28.0. The third-order valence-corrected chi connectivity index (χ3v) is 7.91. The highest BCUT2D eigenvalue weighted by atomic mass is 16.4. The van der Waals surface area contributed by atoms with E-state index in [9.17, 15) is 10.1 Å². The molecule has 214 valence electrons. The number of hydrogen-bond donors (Lipinski definition) is 1. The molecule has 1 fully saturated rings. The first-order chi connectivity index (χ1) is 20.8. The lowest BCUT2D eigenvalue weighted by atomic mass is 9.94. The molecule has 1 aliphatic rings. The smallest absolute Gasteiger partial charge is 0.254 e. The summed E-state index contributed by atoms with van der Waals surface area (Å²) in [6.45, 7) is 4.51. The zero-order chi connectivity index (χ0) is 30.0. The quantitative estimate of drug-likeness (QED) is 0.242. The predicted molar refractivity (Wildman–Crippen MR) is 164 cm³/mol. The Morgan fingerprint density at radius 3 is 2.60 bits per heavy atom. The molecule has 0 spiro atoms. The maximum atomic E-state index is 14.2. The summed E-state index contributed by atoms with van der Waals surface area (Å²) < 4.78 is 6.17. The van der Waals surface area contributed by atoms with E-state index in [1.165, 1.54) is 0 Å². The summed E-state index contributed by atoms with van der Waals surface area (Å²) in [6, 6.07) is 27.0. The van der Waals surface area contributed by atoms with Crippen molar-refractivity contribution in [2.24, 2.45) is 5.73 Å². The summed E-state index contributed by atoms with van der Waals surface area (Å²) in [4.78, 5) is 20.4. The van der Waals surface area contributed by atoms with E-state index in [1.807, 2.05) is 91.8 Å². The number of aromatic nitrogens is 3. The van der Waals surface area contributed by atoms with E-state index in [0.717, 1.165) is 29.5 Å². The van der Waals surface area contributed by atoms with Crippen molar-refractivity contribution in [1.82, 2.24) is 20.1 Å². The van der Waals surface area contributed by atoms with Crippen LogP contribution in [0.4, 0.5) is 0 Å². The molecule has 2 N–H and O–H groups in total. The average molecular weight is 569 g/mol. The molecule has 8 heteroatoms. The van der Waals surface area contributed by atoms with Gasteiger partial charge in [0.05, 0.1) is 23.2 Å². The van der Waals surface area contributed by atoms with Crippen molar-refractivity contribution in [3.8, 4) is 28.7 Å². The number of aryl methyl sites for hydroxylation is 1. The molecule has 1 saturated heterocycles. The molecular formula is C35H32N6O2. The Morgan fingerprint density at radius 1 is 1.05 bits per heavy atom. The molecule has 0 radical (unpaired) electrons. The van der Waals surface area contributed by atoms with Gasteiger partial charge in [-0.3, -0.25) is 9.78 Å². The summed E-state index contributed by atoms with van der Waals surface area (Å²) in [6.07, 6.45) is 5.94. The lowest BCUT2D eigenvalue weighted by Crippen LogP contribution is -2.35. The van der Waals surface area contributed by atoms with Gasteiger partial charge >= 0.3 is 0 Å². The normalized spacial score (nSPS) is 16.0. The number of nitrogens with two attached hydrogens (primary N) is 1. The third kappa shape index (κ3) is 5.81. The molecule has 0 bridgehead atoms. The Morgan fingerprint density at radius 2 is 1.81 bits per heavy atom. The minimum atomic E-state index is -0.902. The molecule has 3 aromatic carbocycles. The van der Waals surface area contributed by atoms with E-state index in [1.54, 1.807) is 12.1 Å². The molecule has 5 aromatic rings. The number of likely N-dealkylation sites (tertiary alicyclic amines) is 1. The first-order valence-corrected chi connectivity index (χ1v) is 14.4. The monoisotopic (exact) mass is 568 g/mol. The highest BCUT2D eigenvalue weighted by Crippen LogP contribution is 2.36. The van der Waals surface area contributed by atoms with Crippen molar-refractivity contribution in [3.05, 3.63) is 125 Å². The van der Waals surface area contributed by atoms with Gasteiger partial charge in [0.25, 0.3) is 5.91 Å². The summed E-state index contributed by atoms with van der Waals surface area (Å²) in [5.41, 5.74) is 11.9. The molecule has 0 aliphatic carbocycles. The van der Waals surface area contributed by atoms with Crippen LogP contribution in [0.5, 0.6) is 0 Å². The van der Waals surface area contributed by atoms with Crippen molar-refractivity contribution in [2.75, 3.05) is 6.54 Å². The minimum Gasteiger partial charge on any atom is -0.419 e. The van der Waals surface area contributed by atoms with Crippen molar-refractivity contribution in [3.63, 3.8) is 0 Å². The summed E-state index contributed by atoms with van der Waals surface area (Å²) in [7, 11) is 0. The highest BCUT2D eigenvalue weighted by molar-refractivity contribution is 5.97. The van der Waals surface area contributed by atoms with Crippen LogP contribution in [0.3, 0.4) is 0 Å². The van der Waals surface area contributed by atoms with E-state index in [-0.39, 0.29) is 17.8 Å². The van der Waals surface area contributed by atoms with E-state index in [4.69, 9.17) is 10.2 Å². The number of rotatable bonds is 7. The number of carbonyl (C=O) groups is 1. The number of hydrogen-bond acceptors (Lipinski definition) is 7. The minimum absolute atomic E-state index is 0.0654. The van der Waals surface area contributed by atoms with E-state index < -0.39 is 5.54 Å². The zero-order valence-corrected chi connectivity index (χ0v) is 24.2. The van der Waals surface area contributed by atoms with Crippen LogP contribution in [0.2, 0.25) is 0 Å². The van der Waals surface area contributed by atoms with Gasteiger partial charge in [0.2, 0.25) is 11.8 Å². The van der Waals surface area contributed by atoms with Gasteiger partial charge in [-0.05, 0) is 85.2 Å². The Labute approximate surface area is 250 Å². The lowest BCUT2D eigenvalue weighted by molar-refractivity contribution is 0.0735. The van der Waals surface area contributed by atoms with E-state index in [2.05, 4.69) is 27.3 Å². The molecule has 8 nitrogen and oxygen atoms in total. The molecule has 1 amide bonds. The van der Waals surface area contributed by atoms with E-state index in [0.29, 0.717) is 46.7 Å². The highest BCUT2D eigenvalue weighted by Gasteiger charge is 2.32. The van der Waals surface area contributed by atoms with Crippen molar-refractivity contribution >= 4 is 5.91 Å². The third-order valence-electron chi connectivity index (χ3n) is 7.91. The maximum Gasteiger partial charge on any atom is 0.254 e. The fraction of sp³-hybridized carbons (Fsp3) is 0.229. The SMILES string of the molecule is Cc1cncc(C2CCCN2C(=O)c2cc(-c3nnc([C@](C)(N)Cc4ccccc4)o3)cc(-c3ccccc3C#N)c2)c1. The van der Waals surface area contributed by atoms with Gasteiger partial charge in [-0.2, -0.15) is 5.26 Å². The molecule has 1 aliphatic heterocycles. The predicted octanol–water partition coefficient (Wildman–Crippen LogP) is 6.37. The standard InChI is InChI=1S/C35H32N6O2/c1-23-15-29(22-38-21-23)31-13-8-14-41(31)33(42)28-17-26(30-12-7-6-11-25(30)20-36)16-27(18-28)32-39-40-34(43-32)35(2,37)19-24-9-4-3-5-10-24/h3-7,9-12,15-18,21-22,31H,8,13-14,19,37H2,1-2H3/t31?,35-/m1/s1. The fourth-order valence-corrected chi connectivity index (χ4v) is 5.81. The molecule has 2 atom stereocenters. The Balaban J connectivity index is 1.40. The van der Waals surface area contributed by atoms with Gasteiger partial charge in [0.15, 0.2) is 0 Å². The molecular weight excluding hydrogens is 536 g/mol. The van der Waals surface area contributed by atoms with E-state index >= 15 is 0 Å². The van der Waals surface area contributed by atoms with Crippen molar-refractivity contribution in [1.29, 1.82) is 5.26 Å². The Hall–Kier alpha value is -5.13. The molecule has 0 saturated carbocycles. The Bertz CT molecular complexity index is 1820. The van der Waals surface area contributed by atoms with Crippen LogP contribution in [-0.4, -0.2) is 32.5 Å². The summed E-state index contributed by atoms with van der Waals surface area (Å²) in [5, 5.41) is 18.5. The van der Waals surface area contributed by atoms with Crippen LogP contribution >= 0.6 is 0 Å². The second kappa shape index (κ2) is 11.6. The van der Waals surface area contributed by atoms with Crippen LogP contribution in [0.25, 0.3) is 22.6 Å². The van der Waals surface area contributed by atoms with Gasteiger partial charge in [0.1, 0.15) is 0 Å². The number of amides is 1. The molecule has 43 heavy (non-hydrogen) atoms. The van der Waals surface area contributed by atoms with Crippen molar-refractivity contribution in [2.45, 2.75) is 44.7 Å². The molecule has 2 aromatic heterocycles. The molecule has 1 unspecified atom stereocenters. The van der Waals surface area contributed by atoms with Gasteiger partial charge < -0.3 is 15.1 Å². The summed E-state index contributed by atoms with van der Waals surface area (Å²) >= 11 is 0. The van der Waals surface area contributed by atoms with Gasteiger partial charge in [0, 0.05) is 30.1 Å². The van der Waals surface area contributed by atoms with Crippen molar-refractivity contribution < 1.29 is 9.21 Å². The molecule has 6 rings (SSSR count).